The van der Waals surface area contributed by atoms with E-state index in [1.807, 2.05) is 36.4 Å². The summed E-state index contributed by atoms with van der Waals surface area (Å²) in [5.41, 5.74) is 2.81. The fraction of sp³-hybridized carbons (Fsp3) is 0.158. The highest BCUT2D eigenvalue weighted by atomic mass is 35.5. The van der Waals surface area contributed by atoms with Crippen molar-refractivity contribution in [3.63, 3.8) is 0 Å². The number of ether oxygens (including phenoxy) is 2. The van der Waals surface area contributed by atoms with Gasteiger partial charge in [-0.1, -0.05) is 35.0 Å². The molecular formula is C19H17ClN6O2. The molecule has 0 radical (unpaired) electrons. The van der Waals surface area contributed by atoms with Gasteiger partial charge < -0.3 is 14.8 Å². The Labute approximate surface area is 166 Å². The first-order chi connectivity index (χ1) is 13.7. The van der Waals surface area contributed by atoms with E-state index in [1.165, 1.54) is 6.33 Å². The molecule has 0 fully saturated rings. The Bertz CT molecular complexity index is 1130. The normalized spacial score (nSPS) is 10.8. The van der Waals surface area contributed by atoms with Gasteiger partial charge in [-0.3, -0.25) is 0 Å². The predicted molar refractivity (Wildman–Crippen MR) is 107 cm³/mol. The first-order valence-corrected chi connectivity index (χ1v) is 8.84. The van der Waals surface area contributed by atoms with Gasteiger partial charge in [0, 0.05) is 11.1 Å². The summed E-state index contributed by atoms with van der Waals surface area (Å²) >= 11 is 6.26. The van der Waals surface area contributed by atoms with Gasteiger partial charge in [0.15, 0.2) is 17.0 Å². The summed E-state index contributed by atoms with van der Waals surface area (Å²) < 4.78 is 12.3. The number of benzene rings is 2. The fourth-order valence-corrected chi connectivity index (χ4v) is 3.00. The molecule has 28 heavy (non-hydrogen) atoms. The van der Waals surface area contributed by atoms with E-state index in [-0.39, 0.29) is 0 Å². The third-order valence-corrected chi connectivity index (χ3v) is 4.61. The fourth-order valence-electron chi connectivity index (χ4n) is 2.81. The van der Waals surface area contributed by atoms with Crippen molar-refractivity contribution >= 4 is 34.3 Å². The Kier molecular flexibility index (Phi) is 4.94. The van der Waals surface area contributed by atoms with Crippen LogP contribution in [0.25, 0.3) is 11.2 Å². The first kappa shape index (κ1) is 18.0. The highest BCUT2D eigenvalue weighted by Crippen LogP contribution is 2.32. The number of aromatic nitrogens is 5. The summed E-state index contributed by atoms with van der Waals surface area (Å²) in [5, 5.41) is 12.4. The molecule has 0 aliphatic heterocycles. The lowest BCUT2D eigenvalue weighted by Gasteiger charge is -2.12. The average Bonchev–Trinajstić information content (AvgIpc) is 3.14. The molecule has 0 saturated heterocycles. The van der Waals surface area contributed by atoms with Gasteiger partial charge in [0.05, 0.1) is 26.5 Å². The van der Waals surface area contributed by atoms with Gasteiger partial charge in [0.2, 0.25) is 0 Å². The van der Waals surface area contributed by atoms with E-state index in [0.29, 0.717) is 40.0 Å². The van der Waals surface area contributed by atoms with E-state index in [9.17, 15) is 0 Å². The van der Waals surface area contributed by atoms with Crippen molar-refractivity contribution in [2.45, 2.75) is 6.54 Å². The molecule has 0 atom stereocenters. The lowest BCUT2D eigenvalue weighted by molar-refractivity contribution is 0.395. The summed E-state index contributed by atoms with van der Waals surface area (Å²) in [5.74, 6) is 1.84. The van der Waals surface area contributed by atoms with Crippen LogP contribution in [0.1, 0.15) is 5.56 Å². The lowest BCUT2D eigenvalue weighted by Crippen LogP contribution is -2.04. The van der Waals surface area contributed by atoms with E-state index in [4.69, 9.17) is 21.1 Å². The summed E-state index contributed by atoms with van der Waals surface area (Å²) in [6, 6.07) is 13.1. The lowest BCUT2D eigenvalue weighted by atomic mass is 10.2. The molecule has 0 spiro atoms. The maximum Gasteiger partial charge on any atom is 0.184 e. The van der Waals surface area contributed by atoms with Crippen LogP contribution < -0.4 is 14.8 Å². The van der Waals surface area contributed by atoms with E-state index in [1.54, 1.807) is 25.0 Å². The Balaban J connectivity index is 1.68. The minimum Gasteiger partial charge on any atom is -0.497 e. The number of nitrogens with one attached hydrogen (secondary N) is 1. The predicted octanol–water partition coefficient (Wildman–Crippen LogP) is 3.68. The molecule has 0 bridgehead atoms. The van der Waals surface area contributed by atoms with Crippen LogP contribution in [0.15, 0.2) is 48.8 Å². The third-order valence-electron chi connectivity index (χ3n) is 4.24. The van der Waals surface area contributed by atoms with Gasteiger partial charge in [-0.2, -0.15) is 0 Å². The van der Waals surface area contributed by atoms with E-state index in [0.717, 1.165) is 11.3 Å². The largest absolute Gasteiger partial charge is 0.497 e. The topological polar surface area (TPSA) is 87.0 Å². The zero-order chi connectivity index (χ0) is 19.5. The van der Waals surface area contributed by atoms with Gasteiger partial charge in [0.25, 0.3) is 0 Å². The van der Waals surface area contributed by atoms with E-state index < -0.39 is 0 Å². The number of anilines is 2. The quantitative estimate of drug-likeness (QED) is 0.531. The zero-order valence-electron chi connectivity index (χ0n) is 15.3. The maximum absolute atomic E-state index is 6.26. The maximum atomic E-state index is 6.26. The summed E-state index contributed by atoms with van der Waals surface area (Å²) in [7, 11) is 3.20. The molecule has 2 heterocycles. The third kappa shape index (κ3) is 3.41. The van der Waals surface area contributed by atoms with Crippen molar-refractivity contribution in [2.75, 3.05) is 19.5 Å². The van der Waals surface area contributed by atoms with Gasteiger partial charge in [-0.25, -0.2) is 14.6 Å². The molecule has 4 aromatic rings. The van der Waals surface area contributed by atoms with Crippen molar-refractivity contribution in [1.82, 2.24) is 25.0 Å². The van der Waals surface area contributed by atoms with Crippen LogP contribution in [0.5, 0.6) is 11.5 Å². The summed E-state index contributed by atoms with van der Waals surface area (Å²) in [6.45, 7) is 0.457. The van der Waals surface area contributed by atoms with Crippen molar-refractivity contribution in [2.24, 2.45) is 0 Å². The molecule has 4 rings (SSSR count). The van der Waals surface area contributed by atoms with E-state index in [2.05, 4.69) is 25.6 Å². The smallest absolute Gasteiger partial charge is 0.184 e. The monoisotopic (exact) mass is 396 g/mol. The van der Waals surface area contributed by atoms with Crippen LogP contribution in [0.3, 0.4) is 0 Å². The second-order valence-corrected chi connectivity index (χ2v) is 6.33. The first-order valence-electron chi connectivity index (χ1n) is 8.46. The molecule has 0 saturated carbocycles. The van der Waals surface area contributed by atoms with Crippen LogP contribution in [-0.4, -0.2) is 39.2 Å². The van der Waals surface area contributed by atoms with Gasteiger partial charge >= 0.3 is 0 Å². The second kappa shape index (κ2) is 7.69. The highest BCUT2D eigenvalue weighted by Gasteiger charge is 2.15. The standard InChI is InChI=1S/C19H17ClN6O2/c1-27-13-7-8-15(16(9-13)28-2)23-18-17-19(22-11-21-18)26(25-24-17)10-12-5-3-4-6-14(12)20/h3-9,11H,10H2,1-2H3,(H,21,22,23). The minimum atomic E-state index is 0.457. The molecule has 0 unspecified atom stereocenters. The molecule has 2 aromatic carbocycles. The van der Waals surface area contributed by atoms with Crippen LogP contribution in [0.4, 0.5) is 11.5 Å². The van der Waals surface area contributed by atoms with Crippen molar-refractivity contribution in [3.05, 3.63) is 59.4 Å². The van der Waals surface area contributed by atoms with Crippen molar-refractivity contribution in [1.29, 1.82) is 0 Å². The molecule has 8 nitrogen and oxygen atoms in total. The van der Waals surface area contributed by atoms with Crippen LogP contribution in [0.2, 0.25) is 5.02 Å². The Morgan fingerprint density at radius 1 is 1.07 bits per heavy atom. The number of hydrogen-bond donors (Lipinski definition) is 1. The van der Waals surface area contributed by atoms with Crippen LogP contribution in [0, 0.1) is 0 Å². The summed E-state index contributed by atoms with van der Waals surface area (Å²) in [6.07, 6.45) is 1.47. The summed E-state index contributed by atoms with van der Waals surface area (Å²) in [4.78, 5) is 8.64. The molecular weight excluding hydrogens is 380 g/mol. The molecule has 0 aliphatic carbocycles. The van der Waals surface area contributed by atoms with Gasteiger partial charge in [-0.15, -0.1) is 5.10 Å². The second-order valence-electron chi connectivity index (χ2n) is 5.92. The van der Waals surface area contributed by atoms with Crippen molar-refractivity contribution in [3.8, 4) is 11.5 Å². The molecule has 1 N–H and O–H groups in total. The molecule has 0 aliphatic rings. The van der Waals surface area contributed by atoms with Crippen molar-refractivity contribution < 1.29 is 9.47 Å². The SMILES string of the molecule is COc1ccc(Nc2ncnc3c2nnn3Cc2ccccc2Cl)c(OC)c1. The Hall–Kier alpha value is -3.39. The molecule has 9 heteroatoms. The Morgan fingerprint density at radius 2 is 1.93 bits per heavy atom. The number of fused-ring (bicyclic) bond motifs is 1. The molecule has 142 valence electrons. The number of halogens is 1. The van der Waals surface area contributed by atoms with Crippen LogP contribution in [-0.2, 0) is 6.54 Å². The number of methoxy groups -OCH3 is 2. The average molecular weight is 397 g/mol. The van der Waals surface area contributed by atoms with Gasteiger partial charge in [0.1, 0.15) is 17.8 Å². The number of rotatable bonds is 6. The van der Waals surface area contributed by atoms with Crippen LogP contribution >= 0.6 is 11.6 Å². The molecule has 0 amide bonds. The Morgan fingerprint density at radius 3 is 2.71 bits per heavy atom. The number of nitrogens with zero attached hydrogens (tertiary/aromatic N) is 5. The zero-order valence-corrected chi connectivity index (χ0v) is 16.0. The van der Waals surface area contributed by atoms with Gasteiger partial charge in [-0.05, 0) is 23.8 Å². The minimum absolute atomic E-state index is 0.457. The highest BCUT2D eigenvalue weighted by molar-refractivity contribution is 6.31. The number of hydrogen-bond acceptors (Lipinski definition) is 7. The van der Waals surface area contributed by atoms with E-state index >= 15 is 0 Å². The molecule has 2 aromatic heterocycles.